The molecule has 1 fully saturated rings. The maximum Gasteiger partial charge on any atom is 0.418 e. The van der Waals surface area contributed by atoms with Crippen molar-refractivity contribution in [3.8, 4) is 0 Å². The lowest BCUT2D eigenvalue weighted by atomic mass is 9.99. The third-order valence-corrected chi connectivity index (χ3v) is 5.60. The van der Waals surface area contributed by atoms with Gasteiger partial charge in [-0.1, -0.05) is 25.7 Å². The van der Waals surface area contributed by atoms with Gasteiger partial charge in [0.1, 0.15) is 0 Å². The average Bonchev–Trinajstić information content (AvgIpc) is 2.85. The summed E-state index contributed by atoms with van der Waals surface area (Å²) in [5, 5.41) is 11.1. The van der Waals surface area contributed by atoms with Gasteiger partial charge in [0.2, 0.25) is 0 Å². The number of halogens is 4. The second-order valence-electron chi connectivity index (χ2n) is 4.73. The van der Waals surface area contributed by atoms with Crippen molar-refractivity contribution in [2.45, 2.75) is 44.4 Å². The number of thiophene rings is 1. The Kier molecular flexibility index (Phi) is 4.39. The topological polar surface area (TPSA) is 20.2 Å². The molecule has 1 unspecified atom stereocenters. The molecule has 0 aliphatic heterocycles. The Hall–Kier alpha value is -0.0700. The summed E-state index contributed by atoms with van der Waals surface area (Å²) in [6.07, 6.45) is -0.105. The quantitative estimate of drug-likeness (QED) is 0.805. The van der Waals surface area contributed by atoms with Gasteiger partial charge in [-0.25, -0.2) is 0 Å². The molecule has 6 heteroatoms. The lowest BCUT2D eigenvalue weighted by molar-refractivity contribution is -0.137. The molecule has 0 saturated heterocycles. The summed E-state index contributed by atoms with van der Waals surface area (Å²) in [7, 11) is 0. The highest BCUT2D eigenvalue weighted by molar-refractivity contribution is 9.10. The Balaban J connectivity index is 2.10. The smallest absolute Gasteiger partial charge is 0.388 e. The molecule has 1 aliphatic rings. The van der Waals surface area contributed by atoms with Crippen LogP contribution in [0.25, 0.3) is 0 Å². The van der Waals surface area contributed by atoms with Gasteiger partial charge in [0, 0.05) is 14.7 Å². The highest BCUT2D eigenvalue weighted by Crippen LogP contribution is 2.44. The highest BCUT2D eigenvalue weighted by atomic mass is 79.9. The summed E-state index contributed by atoms with van der Waals surface area (Å²) in [4.78, 5) is 0.397. The maximum absolute atomic E-state index is 12.6. The van der Waals surface area contributed by atoms with Crippen LogP contribution in [-0.4, -0.2) is 5.11 Å². The summed E-state index contributed by atoms with van der Waals surface area (Å²) >= 11 is 3.95. The van der Waals surface area contributed by atoms with E-state index in [0.29, 0.717) is 17.2 Å². The number of hydrogen-bond acceptors (Lipinski definition) is 2. The highest BCUT2D eigenvalue weighted by Gasteiger charge is 2.36. The largest absolute Gasteiger partial charge is 0.418 e. The average molecular weight is 343 g/mol. The van der Waals surface area contributed by atoms with Gasteiger partial charge in [-0.05, 0) is 28.3 Å². The molecule has 1 aromatic rings. The van der Waals surface area contributed by atoms with E-state index in [0.717, 1.165) is 42.4 Å². The first-order chi connectivity index (χ1) is 8.39. The molecule has 0 radical (unpaired) electrons. The van der Waals surface area contributed by atoms with Crippen LogP contribution in [0.4, 0.5) is 13.2 Å². The van der Waals surface area contributed by atoms with E-state index in [2.05, 4.69) is 15.9 Å². The number of hydrogen-bond donors (Lipinski definition) is 1. The molecule has 18 heavy (non-hydrogen) atoms. The molecule has 1 aromatic heterocycles. The minimum absolute atomic E-state index is 0.00509. The summed E-state index contributed by atoms with van der Waals surface area (Å²) < 4.78 is 37.9. The maximum atomic E-state index is 12.6. The molecular formula is C12H14BrF3OS. The van der Waals surface area contributed by atoms with Gasteiger partial charge >= 0.3 is 6.18 Å². The summed E-state index contributed by atoms with van der Waals surface area (Å²) in [5.41, 5.74) is -0.687. The SMILES string of the molecule is OC(CC1CCCC1)c1scc(C(F)(F)F)c1Br. The van der Waals surface area contributed by atoms with E-state index >= 15 is 0 Å². The molecule has 1 N–H and O–H groups in total. The van der Waals surface area contributed by atoms with E-state index in [9.17, 15) is 18.3 Å². The van der Waals surface area contributed by atoms with Crippen molar-refractivity contribution in [3.05, 3.63) is 20.3 Å². The lowest BCUT2D eigenvalue weighted by Crippen LogP contribution is -2.06. The third kappa shape index (κ3) is 3.08. The van der Waals surface area contributed by atoms with Gasteiger partial charge in [-0.15, -0.1) is 11.3 Å². The van der Waals surface area contributed by atoms with E-state index in [4.69, 9.17) is 0 Å². The zero-order valence-electron chi connectivity index (χ0n) is 9.63. The van der Waals surface area contributed by atoms with Gasteiger partial charge in [0.15, 0.2) is 0 Å². The van der Waals surface area contributed by atoms with Crippen molar-refractivity contribution < 1.29 is 18.3 Å². The first kappa shape index (κ1) is 14.3. The first-order valence-electron chi connectivity index (χ1n) is 5.91. The summed E-state index contributed by atoms with van der Waals surface area (Å²) in [6.45, 7) is 0. The molecule has 1 heterocycles. The van der Waals surface area contributed by atoms with Crippen molar-refractivity contribution in [3.63, 3.8) is 0 Å². The van der Waals surface area contributed by atoms with Crippen molar-refractivity contribution in [2.75, 3.05) is 0 Å². The zero-order valence-corrected chi connectivity index (χ0v) is 12.0. The molecule has 102 valence electrons. The van der Waals surface area contributed by atoms with Gasteiger partial charge in [0.05, 0.1) is 11.7 Å². The molecule has 1 nitrogen and oxygen atoms in total. The molecular weight excluding hydrogens is 329 g/mol. The third-order valence-electron chi connectivity index (χ3n) is 3.40. The Morgan fingerprint density at radius 1 is 1.39 bits per heavy atom. The fraction of sp³-hybridized carbons (Fsp3) is 0.667. The molecule has 0 amide bonds. The Morgan fingerprint density at radius 2 is 2.00 bits per heavy atom. The second-order valence-corrected chi connectivity index (χ2v) is 6.43. The summed E-state index contributed by atoms with van der Waals surface area (Å²) in [5.74, 6) is 0.448. The van der Waals surface area contributed by atoms with Gasteiger partial charge < -0.3 is 5.11 Å². The monoisotopic (exact) mass is 342 g/mol. The molecule has 0 bridgehead atoms. The second kappa shape index (κ2) is 5.51. The van der Waals surface area contributed by atoms with E-state index in [1.54, 1.807) is 0 Å². The normalized spacial score (nSPS) is 19.4. The van der Waals surface area contributed by atoms with Gasteiger partial charge in [-0.3, -0.25) is 0 Å². The minimum atomic E-state index is -4.36. The van der Waals surface area contributed by atoms with Crippen LogP contribution in [0.15, 0.2) is 9.85 Å². The van der Waals surface area contributed by atoms with Gasteiger partial charge in [-0.2, -0.15) is 13.2 Å². The van der Waals surface area contributed by atoms with E-state index in [-0.39, 0.29) is 4.47 Å². The van der Waals surface area contributed by atoms with Crippen molar-refractivity contribution in [1.29, 1.82) is 0 Å². The van der Waals surface area contributed by atoms with Crippen LogP contribution in [0.5, 0.6) is 0 Å². The van der Waals surface area contributed by atoms with Crippen LogP contribution < -0.4 is 0 Å². The predicted octanol–water partition coefficient (Wildman–Crippen LogP) is 5.14. The molecule has 1 aliphatic carbocycles. The van der Waals surface area contributed by atoms with Crippen LogP contribution in [-0.2, 0) is 6.18 Å². The van der Waals surface area contributed by atoms with Gasteiger partial charge in [0.25, 0.3) is 0 Å². The van der Waals surface area contributed by atoms with E-state index < -0.39 is 17.8 Å². The minimum Gasteiger partial charge on any atom is -0.388 e. The first-order valence-corrected chi connectivity index (χ1v) is 7.59. The number of aliphatic hydroxyl groups excluding tert-OH is 1. The fourth-order valence-electron chi connectivity index (χ4n) is 2.44. The number of rotatable bonds is 3. The van der Waals surface area contributed by atoms with E-state index in [1.165, 1.54) is 0 Å². The Morgan fingerprint density at radius 3 is 2.50 bits per heavy atom. The Labute approximate surface area is 116 Å². The molecule has 0 spiro atoms. The lowest BCUT2D eigenvalue weighted by Gasteiger charge is -2.15. The molecule has 2 rings (SSSR count). The molecule has 0 aromatic carbocycles. The van der Waals surface area contributed by atoms with Crippen LogP contribution in [0.3, 0.4) is 0 Å². The molecule has 1 saturated carbocycles. The zero-order chi connectivity index (χ0) is 13.3. The fourth-order valence-corrected chi connectivity index (χ4v) is 4.44. The van der Waals surface area contributed by atoms with Crippen LogP contribution in [0.1, 0.15) is 48.6 Å². The molecule has 1 atom stereocenters. The summed E-state index contributed by atoms with van der Waals surface area (Å²) in [6, 6.07) is 0. The van der Waals surface area contributed by atoms with Crippen LogP contribution in [0, 0.1) is 5.92 Å². The Bertz CT molecular complexity index is 410. The number of aliphatic hydroxyl groups is 1. The van der Waals surface area contributed by atoms with Crippen molar-refractivity contribution in [1.82, 2.24) is 0 Å². The van der Waals surface area contributed by atoms with Crippen LogP contribution >= 0.6 is 27.3 Å². The standard InChI is InChI=1S/C12H14BrF3OS/c13-10-8(12(14,15)16)6-18-11(10)9(17)5-7-3-1-2-4-7/h6-7,9,17H,1-5H2. The van der Waals surface area contributed by atoms with Crippen LogP contribution in [0.2, 0.25) is 0 Å². The van der Waals surface area contributed by atoms with Crippen molar-refractivity contribution >= 4 is 27.3 Å². The van der Waals surface area contributed by atoms with Crippen molar-refractivity contribution in [2.24, 2.45) is 5.92 Å². The van der Waals surface area contributed by atoms with E-state index in [1.807, 2.05) is 0 Å². The number of alkyl halides is 3. The predicted molar refractivity (Wildman–Crippen MR) is 68.6 cm³/mol.